The van der Waals surface area contributed by atoms with Gasteiger partial charge >= 0.3 is 0 Å². The lowest BCUT2D eigenvalue weighted by Crippen LogP contribution is -2.38. The van der Waals surface area contributed by atoms with Crippen LogP contribution in [0.4, 0.5) is 0 Å². The molecule has 2 atom stereocenters. The van der Waals surface area contributed by atoms with E-state index in [9.17, 15) is 4.79 Å². The van der Waals surface area contributed by atoms with E-state index in [1.54, 1.807) is 0 Å². The van der Waals surface area contributed by atoms with Gasteiger partial charge in [-0.25, -0.2) is 0 Å². The highest BCUT2D eigenvalue weighted by Crippen LogP contribution is 2.26. The Labute approximate surface area is 106 Å². The van der Waals surface area contributed by atoms with Crippen LogP contribution in [0.25, 0.3) is 0 Å². The SMILES string of the molecule is CCC(CC)CN(CC)C(=O)C1CCC(N)C1. The highest BCUT2D eigenvalue weighted by Gasteiger charge is 2.30. The molecule has 0 heterocycles. The maximum absolute atomic E-state index is 12.4. The second kappa shape index (κ2) is 7.00. The largest absolute Gasteiger partial charge is 0.342 e. The molecule has 0 radical (unpaired) electrons. The molecule has 1 saturated carbocycles. The first-order valence-electron chi connectivity index (χ1n) is 7.16. The molecule has 0 bridgehead atoms. The van der Waals surface area contributed by atoms with Gasteiger partial charge in [-0.2, -0.15) is 0 Å². The van der Waals surface area contributed by atoms with Crippen LogP contribution >= 0.6 is 0 Å². The molecule has 1 fully saturated rings. The summed E-state index contributed by atoms with van der Waals surface area (Å²) in [6.45, 7) is 8.25. The third-order valence-electron chi connectivity index (χ3n) is 4.15. The fraction of sp³-hybridized carbons (Fsp3) is 0.929. The van der Waals surface area contributed by atoms with E-state index >= 15 is 0 Å². The lowest BCUT2D eigenvalue weighted by molar-refractivity contribution is -0.135. The number of carbonyl (C=O) groups excluding carboxylic acids is 1. The molecule has 0 aromatic carbocycles. The van der Waals surface area contributed by atoms with Crippen LogP contribution in [0.2, 0.25) is 0 Å². The molecule has 100 valence electrons. The molecule has 1 aliphatic carbocycles. The van der Waals surface area contributed by atoms with Gasteiger partial charge in [0, 0.05) is 25.0 Å². The number of hydrogen-bond acceptors (Lipinski definition) is 2. The molecule has 0 aromatic heterocycles. The van der Waals surface area contributed by atoms with Gasteiger partial charge in [0.05, 0.1) is 0 Å². The van der Waals surface area contributed by atoms with Crippen molar-refractivity contribution in [1.82, 2.24) is 4.90 Å². The topological polar surface area (TPSA) is 46.3 Å². The average Bonchev–Trinajstić information content (AvgIpc) is 2.77. The molecule has 1 amide bonds. The van der Waals surface area contributed by atoms with Crippen molar-refractivity contribution in [1.29, 1.82) is 0 Å². The monoisotopic (exact) mass is 240 g/mol. The summed E-state index contributed by atoms with van der Waals surface area (Å²) in [5.74, 6) is 1.18. The van der Waals surface area contributed by atoms with Gasteiger partial charge in [-0.3, -0.25) is 4.79 Å². The van der Waals surface area contributed by atoms with Crippen molar-refractivity contribution < 1.29 is 4.79 Å². The normalized spacial score (nSPS) is 24.3. The molecule has 3 heteroatoms. The molecular formula is C14H28N2O. The first-order chi connectivity index (χ1) is 8.12. The zero-order valence-corrected chi connectivity index (χ0v) is 11.6. The molecule has 1 aliphatic rings. The number of hydrogen-bond donors (Lipinski definition) is 1. The van der Waals surface area contributed by atoms with E-state index < -0.39 is 0 Å². The van der Waals surface area contributed by atoms with Crippen LogP contribution in [-0.2, 0) is 4.79 Å². The van der Waals surface area contributed by atoms with E-state index in [1.165, 1.54) is 0 Å². The lowest BCUT2D eigenvalue weighted by atomic mass is 10.0. The molecule has 0 saturated heterocycles. The summed E-state index contributed by atoms with van der Waals surface area (Å²) < 4.78 is 0. The van der Waals surface area contributed by atoms with Gasteiger partial charge in [0.1, 0.15) is 0 Å². The lowest BCUT2D eigenvalue weighted by Gasteiger charge is -2.28. The van der Waals surface area contributed by atoms with Gasteiger partial charge in [0.2, 0.25) is 5.91 Å². The van der Waals surface area contributed by atoms with Crippen molar-refractivity contribution in [2.45, 2.75) is 58.9 Å². The highest BCUT2D eigenvalue weighted by atomic mass is 16.2. The van der Waals surface area contributed by atoms with Gasteiger partial charge in [0.25, 0.3) is 0 Å². The van der Waals surface area contributed by atoms with E-state index in [1.807, 2.05) is 4.90 Å². The molecule has 2 N–H and O–H groups in total. The van der Waals surface area contributed by atoms with Crippen LogP contribution in [0, 0.1) is 11.8 Å². The molecule has 0 spiro atoms. The van der Waals surface area contributed by atoms with Crippen molar-refractivity contribution in [3.05, 3.63) is 0 Å². The van der Waals surface area contributed by atoms with Crippen LogP contribution in [0.1, 0.15) is 52.9 Å². The van der Waals surface area contributed by atoms with E-state index in [-0.39, 0.29) is 12.0 Å². The first-order valence-corrected chi connectivity index (χ1v) is 7.16. The van der Waals surface area contributed by atoms with E-state index in [2.05, 4.69) is 20.8 Å². The number of nitrogens with two attached hydrogens (primary N) is 1. The Hall–Kier alpha value is -0.570. The van der Waals surface area contributed by atoms with Crippen LogP contribution in [-0.4, -0.2) is 29.9 Å². The fourth-order valence-corrected chi connectivity index (χ4v) is 2.73. The summed E-state index contributed by atoms with van der Waals surface area (Å²) in [4.78, 5) is 14.4. The van der Waals surface area contributed by atoms with Crippen molar-refractivity contribution in [2.24, 2.45) is 17.6 Å². The summed E-state index contributed by atoms with van der Waals surface area (Å²) in [6.07, 6.45) is 5.20. The second-order valence-electron chi connectivity index (χ2n) is 5.33. The molecule has 3 nitrogen and oxygen atoms in total. The maximum atomic E-state index is 12.4. The van der Waals surface area contributed by atoms with E-state index in [0.29, 0.717) is 11.8 Å². The second-order valence-corrected chi connectivity index (χ2v) is 5.33. The predicted octanol–water partition coefficient (Wildman–Crippen LogP) is 2.40. The smallest absolute Gasteiger partial charge is 0.225 e. The summed E-state index contributed by atoms with van der Waals surface area (Å²) in [6, 6.07) is 0.246. The summed E-state index contributed by atoms with van der Waals surface area (Å²) in [7, 11) is 0. The molecule has 17 heavy (non-hydrogen) atoms. The predicted molar refractivity (Wildman–Crippen MR) is 71.6 cm³/mol. The van der Waals surface area contributed by atoms with E-state index in [0.717, 1.165) is 45.2 Å². The standard InChI is InChI=1S/C14H28N2O/c1-4-11(5-2)10-16(6-3)14(17)12-7-8-13(15)9-12/h11-13H,4-10,15H2,1-3H3. The van der Waals surface area contributed by atoms with Gasteiger partial charge in [-0.15, -0.1) is 0 Å². The first kappa shape index (κ1) is 14.5. The van der Waals surface area contributed by atoms with Crippen LogP contribution in [0.3, 0.4) is 0 Å². The Bertz CT molecular complexity index is 238. The zero-order valence-electron chi connectivity index (χ0n) is 11.6. The summed E-state index contributed by atoms with van der Waals surface area (Å²) >= 11 is 0. The number of amides is 1. The Morgan fingerprint density at radius 2 is 1.94 bits per heavy atom. The number of carbonyl (C=O) groups is 1. The number of nitrogens with zero attached hydrogens (tertiary/aromatic N) is 1. The minimum absolute atomic E-state index is 0.194. The van der Waals surface area contributed by atoms with Gasteiger partial charge in [-0.1, -0.05) is 26.7 Å². The fourth-order valence-electron chi connectivity index (χ4n) is 2.73. The third-order valence-corrected chi connectivity index (χ3v) is 4.15. The van der Waals surface area contributed by atoms with E-state index in [4.69, 9.17) is 5.73 Å². The maximum Gasteiger partial charge on any atom is 0.225 e. The van der Waals surface area contributed by atoms with Gasteiger partial charge in [0.15, 0.2) is 0 Å². The van der Waals surface area contributed by atoms with Crippen LogP contribution < -0.4 is 5.73 Å². The summed E-state index contributed by atoms with van der Waals surface area (Å²) in [5, 5.41) is 0. The van der Waals surface area contributed by atoms with Gasteiger partial charge in [-0.05, 0) is 32.1 Å². The Balaban J connectivity index is 2.51. The average molecular weight is 240 g/mol. The third kappa shape index (κ3) is 3.98. The van der Waals surface area contributed by atoms with Gasteiger partial charge < -0.3 is 10.6 Å². The minimum atomic E-state index is 0.194. The Morgan fingerprint density at radius 3 is 2.35 bits per heavy atom. The minimum Gasteiger partial charge on any atom is -0.342 e. The van der Waals surface area contributed by atoms with Crippen molar-refractivity contribution >= 4 is 5.91 Å². The quantitative estimate of drug-likeness (QED) is 0.775. The molecule has 1 rings (SSSR count). The molecular weight excluding hydrogens is 212 g/mol. The molecule has 0 aromatic rings. The number of rotatable bonds is 6. The van der Waals surface area contributed by atoms with Crippen molar-refractivity contribution in [3.8, 4) is 0 Å². The van der Waals surface area contributed by atoms with Crippen LogP contribution in [0.5, 0.6) is 0 Å². The Kier molecular flexibility index (Phi) is 5.96. The van der Waals surface area contributed by atoms with Crippen LogP contribution in [0.15, 0.2) is 0 Å². The van der Waals surface area contributed by atoms with Crippen molar-refractivity contribution in [3.63, 3.8) is 0 Å². The summed E-state index contributed by atoms with van der Waals surface area (Å²) in [5.41, 5.74) is 5.89. The highest BCUT2D eigenvalue weighted by molar-refractivity contribution is 5.79. The zero-order chi connectivity index (χ0) is 12.8. The van der Waals surface area contributed by atoms with Crippen molar-refractivity contribution in [2.75, 3.05) is 13.1 Å². The Morgan fingerprint density at radius 1 is 1.29 bits per heavy atom. The molecule has 0 aliphatic heterocycles. The molecule has 2 unspecified atom stereocenters.